The van der Waals surface area contributed by atoms with E-state index in [1.165, 1.54) is 0 Å². The average Bonchev–Trinajstić information content (AvgIpc) is 2.22. The number of hydrogen-bond donors (Lipinski definition) is 1. The van der Waals surface area contributed by atoms with Gasteiger partial charge in [-0.2, -0.15) is 0 Å². The van der Waals surface area contributed by atoms with Crippen LogP contribution < -0.4 is 4.74 Å². The minimum atomic E-state index is 0.188. The summed E-state index contributed by atoms with van der Waals surface area (Å²) >= 11 is 0. The highest BCUT2D eigenvalue weighted by atomic mass is 16.5. The summed E-state index contributed by atoms with van der Waals surface area (Å²) in [5.74, 6) is 0.843. The van der Waals surface area contributed by atoms with Gasteiger partial charge in [0, 0.05) is 6.61 Å². The highest BCUT2D eigenvalue weighted by Crippen LogP contribution is 2.12. The van der Waals surface area contributed by atoms with Crippen LogP contribution in [0.25, 0.3) is 0 Å². The summed E-state index contributed by atoms with van der Waals surface area (Å²) in [5.41, 5.74) is 1.10. The Balaban J connectivity index is 0.000000671. The van der Waals surface area contributed by atoms with Crippen molar-refractivity contribution in [2.75, 3.05) is 13.7 Å². The molecular weight excluding hydrogens is 164 g/mol. The Bertz CT molecular complexity index is 221. The van der Waals surface area contributed by atoms with Crippen molar-refractivity contribution in [3.05, 3.63) is 29.8 Å². The molecule has 1 aromatic carbocycles. The van der Waals surface area contributed by atoms with Crippen LogP contribution in [0.5, 0.6) is 5.75 Å². The lowest BCUT2D eigenvalue weighted by Crippen LogP contribution is -1.91. The molecule has 74 valence electrons. The highest BCUT2D eigenvalue weighted by Gasteiger charge is 1.93. The molecule has 0 amide bonds. The standard InChI is InChI=1S/C9H12O2.C2H6/c1-11-9-4-2-3-8(7-9)5-6-10;1-2/h2-4,7,10H,5-6H2,1H3;1-2H3. The maximum absolute atomic E-state index is 8.64. The first-order chi connectivity index (χ1) is 6.36. The first-order valence-corrected chi connectivity index (χ1v) is 4.60. The van der Waals surface area contributed by atoms with Crippen molar-refractivity contribution in [1.29, 1.82) is 0 Å². The number of aliphatic hydroxyl groups is 1. The lowest BCUT2D eigenvalue weighted by Gasteiger charge is -2.01. The third-order valence-electron chi connectivity index (χ3n) is 1.53. The largest absolute Gasteiger partial charge is 0.497 e. The molecule has 0 aliphatic rings. The molecule has 13 heavy (non-hydrogen) atoms. The molecule has 0 aliphatic heterocycles. The zero-order valence-corrected chi connectivity index (χ0v) is 8.58. The fraction of sp³-hybridized carbons (Fsp3) is 0.455. The number of ether oxygens (including phenoxy) is 1. The Morgan fingerprint density at radius 2 is 2.00 bits per heavy atom. The van der Waals surface area contributed by atoms with Gasteiger partial charge in [0.25, 0.3) is 0 Å². The fourth-order valence-corrected chi connectivity index (χ4v) is 0.957. The zero-order chi connectivity index (χ0) is 10.1. The van der Waals surface area contributed by atoms with Gasteiger partial charge in [0.1, 0.15) is 5.75 Å². The predicted octanol–water partition coefficient (Wildman–Crippen LogP) is 2.26. The normalized spacial score (nSPS) is 8.62. The molecular formula is C11H18O2. The van der Waals surface area contributed by atoms with Gasteiger partial charge in [-0.1, -0.05) is 26.0 Å². The van der Waals surface area contributed by atoms with Crippen LogP contribution in [0.15, 0.2) is 24.3 Å². The first kappa shape index (κ1) is 12.0. The topological polar surface area (TPSA) is 29.5 Å². The molecule has 0 unspecified atom stereocenters. The second-order valence-electron chi connectivity index (χ2n) is 2.33. The molecule has 2 heteroatoms. The third kappa shape index (κ3) is 4.53. The minimum Gasteiger partial charge on any atom is -0.497 e. The summed E-state index contributed by atoms with van der Waals surface area (Å²) in [5, 5.41) is 8.64. The van der Waals surface area contributed by atoms with Crippen LogP contribution in [-0.2, 0) is 6.42 Å². The quantitative estimate of drug-likeness (QED) is 0.777. The van der Waals surface area contributed by atoms with Gasteiger partial charge in [0.15, 0.2) is 0 Å². The van der Waals surface area contributed by atoms with Gasteiger partial charge in [-0.3, -0.25) is 0 Å². The van der Waals surface area contributed by atoms with E-state index in [-0.39, 0.29) is 6.61 Å². The van der Waals surface area contributed by atoms with Crippen LogP contribution in [0, 0.1) is 0 Å². The third-order valence-corrected chi connectivity index (χ3v) is 1.53. The van der Waals surface area contributed by atoms with E-state index in [0.717, 1.165) is 11.3 Å². The van der Waals surface area contributed by atoms with Crippen LogP contribution >= 0.6 is 0 Å². The van der Waals surface area contributed by atoms with Gasteiger partial charge >= 0.3 is 0 Å². The first-order valence-electron chi connectivity index (χ1n) is 4.60. The van der Waals surface area contributed by atoms with E-state index in [0.29, 0.717) is 6.42 Å². The number of methoxy groups -OCH3 is 1. The smallest absolute Gasteiger partial charge is 0.119 e. The molecule has 1 N–H and O–H groups in total. The summed E-state index contributed by atoms with van der Waals surface area (Å²) < 4.78 is 5.02. The maximum Gasteiger partial charge on any atom is 0.119 e. The van der Waals surface area contributed by atoms with Crippen molar-refractivity contribution in [1.82, 2.24) is 0 Å². The SMILES string of the molecule is CC.COc1cccc(CCO)c1. The lowest BCUT2D eigenvalue weighted by atomic mass is 10.1. The molecule has 0 saturated carbocycles. The minimum absolute atomic E-state index is 0.188. The summed E-state index contributed by atoms with van der Waals surface area (Å²) in [6, 6.07) is 7.71. The van der Waals surface area contributed by atoms with Crippen LogP contribution in [0.1, 0.15) is 19.4 Å². The van der Waals surface area contributed by atoms with Crippen LogP contribution in [0.4, 0.5) is 0 Å². The molecule has 1 aromatic rings. The Labute approximate surface area is 80.2 Å². The molecule has 0 heterocycles. The summed E-state index contributed by atoms with van der Waals surface area (Å²) in [7, 11) is 1.64. The molecule has 0 saturated heterocycles. The number of rotatable bonds is 3. The van der Waals surface area contributed by atoms with Crippen molar-refractivity contribution in [3.63, 3.8) is 0 Å². The molecule has 0 fully saturated rings. The Morgan fingerprint density at radius 1 is 1.31 bits per heavy atom. The van der Waals surface area contributed by atoms with Crippen molar-refractivity contribution in [3.8, 4) is 5.75 Å². The lowest BCUT2D eigenvalue weighted by molar-refractivity contribution is 0.299. The Morgan fingerprint density at radius 3 is 2.54 bits per heavy atom. The van der Waals surface area contributed by atoms with Gasteiger partial charge in [-0.15, -0.1) is 0 Å². The van der Waals surface area contributed by atoms with Gasteiger partial charge < -0.3 is 9.84 Å². The van der Waals surface area contributed by atoms with E-state index in [9.17, 15) is 0 Å². The van der Waals surface area contributed by atoms with Crippen LogP contribution in [-0.4, -0.2) is 18.8 Å². The number of hydrogen-bond acceptors (Lipinski definition) is 2. The highest BCUT2D eigenvalue weighted by molar-refractivity contribution is 5.28. The second kappa shape index (κ2) is 7.62. The van der Waals surface area contributed by atoms with Crippen molar-refractivity contribution < 1.29 is 9.84 Å². The van der Waals surface area contributed by atoms with E-state index in [1.54, 1.807) is 7.11 Å². The van der Waals surface area contributed by atoms with Gasteiger partial charge in [-0.25, -0.2) is 0 Å². The zero-order valence-electron chi connectivity index (χ0n) is 8.58. The Kier molecular flexibility index (Phi) is 7.02. The molecule has 1 rings (SSSR count). The molecule has 2 nitrogen and oxygen atoms in total. The van der Waals surface area contributed by atoms with Gasteiger partial charge in [0.05, 0.1) is 7.11 Å². The monoisotopic (exact) mass is 182 g/mol. The van der Waals surface area contributed by atoms with E-state index >= 15 is 0 Å². The fourth-order valence-electron chi connectivity index (χ4n) is 0.957. The van der Waals surface area contributed by atoms with Gasteiger partial charge in [-0.05, 0) is 24.1 Å². The molecule has 0 atom stereocenters. The van der Waals surface area contributed by atoms with E-state index in [2.05, 4.69) is 0 Å². The van der Waals surface area contributed by atoms with E-state index < -0.39 is 0 Å². The molecule has 0 spiro atoms. The molecule has 0 bridgehead atoms. The molecule has 0 radical (unpaired) electrons. The van der Waals surface area contributed by atoms with Crippen LogP contribution in [0.3, 0.4) is 0 Å². The molecule has 0 aliphatic carbocycles. The molecule has 0 aromatic heterocycles. The van der Waals surface area contributed by atoms with Gasteiger partial charge in [0.2, 0.25) is 0 Å². The van der Waals surface area contributed by atoms with Crippen molar-refractivity contribution in [2.45, 2.75) is 20.3 Å². The predicted molar refractivity (Wildman–Crippen MR) is 55.1 cm³/mol. The summed E-state index contributed by atoms with van der Waals surface area (Å²) in [6.45, 7) is 4.19. The Hall–Kier alpha value is -1.02. The summed E-state index contributed by atoms with van der Waals surface area (Å²) in [6.07, 6.45) is 0.692. The summed E-state index contributed by atoms with van der Waals surface area (Å²) in [4.78, 5) is 0. The second-order valence-corrected chi connectivity index (χ2v) is 2.33. The number of aliphatic hydroxyl groups excluding tert-OH is 1. The maximum atomic E-state index is 8.64. The van der Waals surface area contributed by atoms with Crippen LogP contribution in [0.2, 0.25) is 0 Å². The van der Waals surface area contributed by atoms with Crippen molar-refractivity contribution in [2.24, 2.45) is 0 Å². The van der Waals surface area contributed by atoms with E-state index in [4.69, 9.17) is 9.84 Å². The number of benzene rings is 1. The van der Waals surface area contributed by atoms with Crippen molar-refractivity contribution >= 4 is 0 Å². The average molecular weight is 182 g/mol. The van der Waals surface area contributed by atoms with E-state index in [1.807, 2.05) is 38.1 Å².